The number of nitrogens with one attached hydrogen (secondary N) is 1. The van der Waals surface area contributed by atoms with Gasteiger partial charge in [0, 0.05) is 30.4 Å². The molecular formula is C22H23N7O. The topological polar surface area (TPSA) is 92.6 Å². The van der Waals surface area contributed by atoms with Crippen molar-refractivity contribution in [1.82, 2.24) is 35.3 Å². The number of nitrogens with zero attached hydrogens (tertiary/aromatic N) is 6. The number of benzene rings is 2. The molecule has 0 saturated carbocycles. The maximum absolute atomic E-state index is 12.8. The highest BCUT2D eigenvalue weighted by atomic mass is 16.2. The van der Waals surface area contributed by atoms with E-state index in [0.29, 0.717) is 12.1 Å². The van der Waals surface area contributed by atoms with E-state index in [0.717, 1.165) is 41.0 Å². The van der Waals surface area contributed by atoms with Gasteiger partial charge in [-0.2, -0.15) is 5.10 Å². The van der Waals surface area contributed by atoms with Crippen LogP contribution in [0, 0.1) is 6.92 Å². The molecule has 4 rings (SSSR count). The molecule has 0 spiro atoms. The third-order valence-electron chi connectivity index (χ3n) is 5.03. The smallest absolute Gasteiger partial charge is 0.253 e. The Morgan fingerprint density at radius 2 is 1.97 bits per heavy atom. The molecule has 2 aromatic carbocycles. The fraction of sp³-hybridized carbons (Fsp3) is 0.227. The SMILES string of the molecule is Cc1cc(C(=O)N(C)CCCc2cc(-c3ccccc3)n[nH]2)ccc1-n1cnnn1. The first kappa shape index (κ1) is 19.5. The minimum atomic E-state index is -0.00375. The van der Waals surface area contributed by atoms with Crippen molar-refractivity contribution in [2.75, 3.05) is 13.6 Å². The Hall–Kier alpha value is -3.81. The van der Waals surface area contributed by atoms with Crippen LogP contribution in [0.25, 0.3) is 16.9 Å². The van der Waals surface area contributed by atoms with E-state index in [1.807, 2.05) is 62.5 Å². The molecule has 0 unspecified atom stereocenters. The predicted molar refractivity (Wildman–Crippen MR) is 113 cm³/mol. The molecule has 0 saturated heterocycles. The third-order valence-corrected chi connectivity index (χ3v) is 5.03. The fourth-order valence-corrected chi connectivity index (χ4v) is 3.39. The largest absolute Gasteiger partial charge is 0.342 e. The number of carbonyl (C=O) groups is 1. The molecule has 0 atom stereocenters. The van der Waals surface area contributed by atoms with Crippen molar-refractivity contribution in [3.8, 4) is 16.9 Å². The first-order chi connectivity index (χ1) is 14.6. The first-order valence-corrected chi connectivity index (χ1v) is 9.81. The summed E-state index contributed by atoms with van der Waals surface area (Å²) in [4.78, 5) is 14.5. The number of rotatable bonds is 7. The number of aryl methyl sites for hydroxylation is 2. The highest BCUT2D eigenvalue weighted by Gasteiger charge is 2.14. The van der Waals surface area contributed by atoms with E-state index in [4.69, 9.17) is 0 Å². The fourth-order valence-electron chi connectivity index (χ4n) is 3.39. The minimum Gasteiger partial charge on any atom is -0.342 e. The summed E-state index contributed by atoms with van der Waals surface area (Å²) in [5, 5.41) is 18.7. The second kappa shape index (κ2) is 8.69. The zero-order chi connectivity index (χ0) is 20.9. The van der Waals surface area contributed by atoms with Gasteiger partial charge in [-0.25, -0.2) is 4.68 Å². The Bertz CT molecular complexity index is 1120. The van der Waals surface area contributed by atoms with Crippen LogP contribution in [-0.2, 0) is 6.42 Å². The zero-order valence-electron chi connectivity index (χ0n) is 17.0. The predicted octanol–water partition coefficient (Wildman–Crippen LogP) is 3.07. The van der Waals surface area contributed by atoms with Gasteiger partial charge in [0.15, 0.2) is 0 Å². The first-order valence-electron chi connectivity index (χ1n) is 9.81. The van der Waals surface area contributed by atoms with Crippen LogP contribution in [0.4, 0.5) is 0 Å². The Kier molecular flexibility index (Phi) is 5.65. The van der Waals surface area contributed by atoms with Crippen LogP contribution >= 0.6 is 0 Å². The summed E-state index contributed by atoms with van der Waals surface area (Å²) in [5.41, 5.74) is 5.54. The maximum Gasteiger partial charge on any atom is 0.253 e. The van der Waals surface area contributed by atoms with E-state index in [2.05, 4.69) is 31.8 Å². The molecule has 0 aliphatic heterocycles. The molecular weight excluding hydrogens is 378 g/mol. The molecule has 8 nitrogen and oxygen atoms in total. The summed E-state index contributed by atoms with van der Waals surface area (Å²) < 4.78 is 1.58. The number of aromatic amines is 1. The second-order valence-corrected chi connectivity index (χ2v) is 7.23. The molecule has 1 N–H and O–H groups in total. The van der Waals surface area contributed by atoms with Gasteiger partial charge in [-0.1, -0.05) is 30.3 Å². The normalized spacial score (nSPS) is 10.9. The van der Waals surface area contributed by atoms with Crippen molar-refractivity contribution in [3.05, 3.63) is 77.7 Å². The Balaban J connectivity index is 1.33. The van der Waals surface area contributed by atoms with Gasteiger partial charge in [0.1, 0.15) is 6.33 Å². The lowest BCUT2D eigenvalue weighted by molar-refractivity contribution is 0.0793. The number of carbonyl (C=O) groups excluding carboxylic acids is 1. The summed E-state index contributed by atoms with van der Waals surface area (Å²) >= 11 is 0. The monoisotopic (exact) mass is 401 g/mol. The molecule has 2 aromatic heterocycles. The van der Waals surface area contributed by atoms with Crippen molar-refractivity contribution in [2.24, 2.45) is 0 Å². The number of tetrazole rings is 1. The van der Waals surface area contributed by atoms with Gasteiger partial charge in [-0.15, -0.1) is 5.10 Å². The van der Waals surface area contributed by atoms with Gasteiger partial charge < -0.3 is 4.90 Å². The molecule has 0 aliphatic rings. The lowest BCUT2D eigenvalue weighted by Gasteiger charge is -2.17. The average Bonchev–Trinajstić information content (AvgIpc) is 3.46. The lowest BCUT2D eigenvalue weighted by atomic mass is 10.1. The molecule has 1 amide bonds. The molecule has 8 heteroatoms. The van der Waals surface area contributed by atoms with Crippen LogP contribution in [0.3, 0.4) is 0 Å². The Labute approximate surface area is 174 Å². The lowest BCUT2D eigenvalue weighted by Crippen LogP contribution is -2.28. The van der Waals surface area contributed by atoms with Crippen molar-refractivity contribution in [2.45, 2.75) is 19.8 Å². The van der Waals surface area contributed by atoms with E-state index in [9.17, 15) is 4.79 Å². The average molecular weight is 401 g/mol. The Morgan fingerprint density at radius 1 is 1.13 bits per heavy atom. The van der Waals surface area contributed by atoms with Gasteiger partial charge in [-0.3, -0.25) is 9.89 Å². The van der Waals surface area contributed by atoms with E-state index in [1.165, 1.54) is 6.33 Å². The quantitative estimate of drug-likeness (QED) is 0.514. The highest BCUT2D eigenvalue weighted by molar-refractivity contribution is 5.94. The molecule has 0 aliphatic carbocycles. The van der Waals surface area contributed by atoms with Crippen LogP contribution < -0.4 is 0 Å². The number of H-pyrrole nitrogens is 1. The summed E-state index contributed by atoms with van der Waals surface area (Å²) in [6.07, 6.45) is 3.21. The van der Waals surface area contributed by atoms with Gasteiger partial charge >= 0.3 is 0 Å². The van der Waals surface area contributed by atoms with E-state index in [-0.39, 0.29) is 5.91 Å². The van der Waals surface area contributed by atoms with Crippen LogP contribution in [0.1, 0.15) is 28.0 Å². The summed E-state index contributed by atoms with van der Waals surface area (Å²) in [7, 11) is 1.83. The Morgan fingerprint density at radius 3 is 2.70 bits per heavy atom. The van der Waals surface area contributed by atoms with Crippen LogP contribution in [0.2, 0.25) is 0 Å². The van der Waals surface area contributed by atoms with Crippen LogP contribution in [0.5, 0.6) is 0 Å². The maximum atomic E-state index is 12.8. The highest BCUT2D eigenvalue weighted by Crippen LogP contribution is 2.18. The summed E-state index contributed by atoms with van der Waals surface area (Å²) in [5.74, 6) is -0.00375. The second-order valence-electron chi connectivity index (χ2n) is 7.23. The van der Waals surface area contributed by atoms with Crippen molar-refractivity contribution in [1.29, 1.82) is 0 Å². The van der Waals surface area contributed by atoms with Gasteiger partial charge in [0.25, 0.3) is 5.91 Å². The van der Waals surface area contributed by atoms with Crippen LogP contribution in [-0.4, -0.2) is 54.8 Å². The van der Waals surface area contributed by atoms with Crippen molar-refractivity contribution >= 4 is 5.91 Å². The number of aromatic nitrogens is 6. The zero-order valence-corrected chi connectivity index (χ0v) is 17.0. The van der Waals surface area contributed by atoms with Gasteiger partial charge in [0.2, 0.25) is 0 Å². The number of hydrogen-bond donors (Lipinski definition) is 1. The molecule has 30 heavy (non-hydrogen) atoms. The third kappa shape index (κ3) is 4.27. The molecule has 2 heterocycles. The van der Waals surface area contributed by atoms with Gasteiger partial charge in [-0.05, 0) is 60.0 Å². The summed E-state index contributed by atoms with van der Waals surface area (Å²) in [6.45, 7) is 2.60. The molecule has 0 bridgehead atoms. The number of amides is 1. The van der Waals surface area contributed by atoms with Crippen molar-refractivity contribution < 1.29 is 4.79 Å². The van der Waals surface area contributed by atoms with E-state index in [1.54, 1.807) is 9.58 Å². The standard InChI is InChI=1S/C22H23N7O/c1-16-13-18(10-11-21(16)29-15-23-26-27-29)22(30)28(2)12-6-9-19-14-20(25-24-19)17-7-4-3-5-8-17/h3-5,7-8,10-11,13-15H,6,9,12H2,1-2H3,(H,24,25). The molecule has 0 radical (unpaired) electrons. The van der Waals surface area contributed by atoms with Gasteiger partial charge in [0.05, 0.1) is 11.4 Å². The molecule has 0 fully saturated rings. The van der Waals surface area contributed by atoms with Crippen molar-refractivity contribution in [3.63, 3.8) is 0 Å². The van der Waals surface area contributed by atoms with E-state index >= 15 is 0 Å². The van der Waals surface area contributed by atoms with Crippen LogP contribution in [0.15, 0.2) is 60.9 Å². The summed E-state index contributed by atoms with van der Waals surface area (Å²) in [6, 6.07) is 17.7. The number of hydrogen-bond acceptors (Lipinski definition) is 5. The van der Waals surface area contributed by atoms with E-state index < -0.39 is 0 Å². The minimum absolute atomic E-state index is 0.00375. The molecule has 4 aromatic rings. The molecule has 152 valence electrons.